The maximum atomic E-state index is 13.0. The van der Waals surface area contributed by atoms with Crippen LogP contribution in [0, 0.1) is 10.1 Å². The van der Waals surface area contributed by atoms with Gasteiger partial charge in [0, 0.05) is 25.0 Å². The molecule has 0 bridgehead atoms. The van der Waals surface area contributed by atoms with Crippen LogP contribution >= 0.6 is 23.2 Å². The van der Waals surface area contributed by atoms with Gasteiger partial charge in [0.2, 0.25) is 0 Å². The number of nitro benzene ring substituents is 1. The van der Waals surface area contributed by atoms with Crippen LogP contribution < -0.4 is 5.32 Å². The largest absolute Gasteiger partial charge is 0.463 e. The number of halogens is 2. The summed E-state index contributed by atoms with van der Waals surface area (Å²) in [4.78, 5) is 47.4. The predicted molar refractivity (Wildman–Crippen MR) is 184 cm³/mol. The standard InChI is InChI=1S/C35H56Cl2N2O7/c1-3-5-7-9-11-13-15-17-19-21-31(40)45-27-30(38-35(42)34(36)37)33(28-23-25-29(26-24-28)39(43)44)46-32(41)22-20-18-16-14-12-10-8-6-4-2/h23-26,30,33-34H,3-22,27H2,1-2H3,(H,38,42). The maximum Gasteiger partial charge on any atom is 0.306 e. The van der Waals surface area contributed by atoms with Gasteiger partial charge in [-0.3, -0.25) is 24.5 Å². The van der Waals surface area contributed by atoms with Gasteiger partial charge in [-0.25, -0.2) is 0 Å². The van der Waals surface area contributed by atoms with Crippen LogP contribution in [0.3, 0.4) is 0 Å². The summed E-state index contributed by atoms with van der Waals surface area (Å²) in [6, 6.07) is 4.47. The molecule has 0 aliphatic carbocycles. The molecule has 0 radical (unpaired) electrons. The summed E-state index contributed by atoms with van der Waals surface area (Å²) < 4.78 is 11.4. The van der Waals surface area contributed by atoms with Crippen LogP contribution in [0.1, 0.15) is 154 Å². The number of rotatable bonds is 28. The number of ether oxygens (including phenoxy) is 2. The Hall–Kier alpha value is -2.39. The number of unbranched alkanes of at least 4 members (excludes halogenated alkanes) is 16. The molecule has 0 aliphatic heterocycles. The number of nitrogens with zero attached hydrogens (tertiary/aromatic N) is 1. The second-order valence-corrected chi connectivity index (χ2v) is 13.1. The molecule has 0 aliphatic rings. The van der Waals surface area contributed by atoms with E-state index in [4.69, 9.17) is 32.7 Å². The molecular weight excluding hydrogens is 631 g/mol. The number of alkyl halides is 2. The van der Waals surface area contributed by atoms with E-state index >= 15 is 0 Å². The van der Waals surface area contributed by atoms with Gasteiger partial charge >= 0.3 is 11.9 Å². The van der Waals surface area contributed by atoms with Crippen molar-refractivity contribution in [3.05, 3.63) is 39.9 Å². The molecule has 2 unspecified atom stereocenters. The second kappa shape index (κ2) is 26.7. The van der Waals surface area contributed by atoms with Crippen molar-refractivity contribution in [1.29, 1.82) is 0 Å². The van der Waals surface area contributed by atoms with Gasteiger partial charge in [-0.15, -0.1) is 0 Å². The molecule has 0 fully saturated rings. The normalized spacial score (nSPS) is 12.5. The fourth-order valence-electron chi connectivity index (χ4n) is 5.23. The van der Waals surface area contributed by atoms with Gasteiger partial charge in [-0.2, -0.15) is 0 Å². The van der Waals surface area contributed by atoms with E-state index in [-0.39, 0.29) is 25.1 Å². The Kier molecular flexibility index (Phi) is 24.1. The van der Waals surface area contributed by atoms with Gasteiger partial charge in [0.15, 0.2) is 10.9 Å². The summed E-state index contributed by atoms with van der Waals surface area (Å²) in [5, 5.41) is 13.9. The summed E-state index contributed by atoms with van der Waals surface area (Å²) in [6.45, 7) is 4.10. The Morgan fingerprint density at radius 3 is 1.59 bits per heavy atom. The van der Waals surface area contributed by atoms with Crippen molar-refractivity contribution >= 4 is 46.7 Å². The average Bonchev–Trinajstić information content (AvgIpc) is 3.04. The van der Waals surface area contributed by atoms with E-state index in [0.29, 0.717) is 18.4 Å². The number of benzene rings is 1. The predicted octanol–water partition coefficient (Wildman–Crippen LogP) is 9.85. The lowest BCUT2D eigenvalue weighted by molar-refractivity contribution is -0.384. The molecule has 1 N–H and O–H groups in total. The molecule has 1 aromatic rings. The first-order chi connectivity index (χ1) is 22.2. The third-order valence-electron chi connectivity index (χ3n) is 7.97. The van der Waals surface area contributed by atoms with Crippen LogP contribution in [-0.4, -0.2) is 40.3 Å². The van der Waals surface area contributed by atoms with Crippen LogP contribution in [0.4, 0.5) is 5.69 Å². The minimum Gasteiger partial charge on any atom is -0.463 e. The van der Waals surface area contributed by atoms with Crippen LogP contribution in [0.5, 0.6) is 0 Å². The zero-order chi connectivity index (χ0) is 34.0. The Bertz CT molecular complexity index is 992. The lowest BCUT2D eigenvalue weighted by Crippen LogP contribution is -2.46. The fourth-order valence-corrected chi connectivity index (χ4v) is 5.36. The van der Waals surface area contributed by atoms with E-state index in [9.17, 15) is 24.5 Å². The Morgan fingerprint density at radius 1 is 0.717 bits per heavy atom. The topological polar surface area (TPSA) is 125 Å². The van der Waals surface area contributed by atoms with Crippen LogP contribution in [0.25, 0.3) is 0 Å². The van der Waals surface area contributed by atoms with E-state index in [2.05, 4.69) is 19.2 Å². The average molecular weight is 688 g/mol. The third-order valence-corrected chi connectivity index (χ3v) is 8.37. The molecule has 1 rings (SSSR count). The van der Waals surface area contributed by atoms with Crippen molar-refractivity contribution in [3.63, 3.8) is 0 Å². The monoisotopic (exact) mass is 686 g/mol. The van der Waals surface area contributed by atoms with Gasteiger partial charge in [0.05, 0.1) is 4.92 Å². The lowest BCUT2D eigenvalue weighted by Gasteiger charge is -2.28. The minimum absolute atomic E-state index is 0.141. The van der Waals surface area contributed by atoms with Crippen molar-refractivity contribution in [2.45, 2.75) is 159 Å². The van der Waals surface area contributed by atoms with E-state index in [1.807, 2.05) is 0 Å². The summed E-state index contributed by atoms with van der Waals surface area (Å²) in [6.07, 6.45) is 19.2. The van der Waals surface area contributed by atoms with E-state index < -0.39 is 39.8 Å². The molecule has 0 aromatic heterocycles. The van der Waals surface area contributed by atoms with Crippen molar-refractivity contribution in [3.8, 4) is 0 Å². The molecule has 1 aromatic carbocycles. The molecule has 0 spiro atoms. The molecular formula is C35H56Cl2N2O7. The number of amides is 1. The first-order valence-corrected chi connectivity index (χ1v) is 18.2. The summed E-state index contributed by atoms with van der Waals surface area (Å²) in [5.41, 5.74) is 0.255. The number of carbonyl (C=O) groups excluding carboxylic acids is 3. The Balaban J connectivity index is 2.81. The van der Waals surface area contributed by atoms with Gasteiger partial charge in [-0.05, 0) is 30.5 Å². The smallest absolute Gasteiger partial charge is 0.306 e. The number of non-ortho nitro benzene ring substituents is 1. The first kappa shape index (κ1) is 41.6. The molecule has 262 valence electrons. The number of hydrogen-bond donors (Lipinski definition) is 1. The van der Waals surface area contributed by atoms with Gasteiger partial charge < -0.3 is 14.8 Å². The molecule has 11 heteroatoms. The third kappa shape index (κ3) is 20.0. The van der Waals surface area contributed by atoms with E-state index in [1.165, 1.54) is 88.5 Å². The number of nitrogens with one attached hydrogen (secondary N) is 1. The van der Waals surface area contributed by atoms with Crippen LogP contribution in [-0.2, 0) is 23.9 Å². The number of carbonyl (C=O) groups is 3. The van der Waals surface area contributed by atoms with Crippen LogP contribution in [0.2, 0.25) is 0 Å². The zero-order valence-corrected chi connectivity index (χ0v) is 29.5. The molecule has 1 amide bonds. The second-order valence-electron chi connectivity index (χ2n) is 12.0. The van der Waals surface area contributed by atoms with Gasteiger partial charge in [0.25, 0.3) is 11.6 Å². The van der Waals surface area contributed by atoms with Crippen molar-refractivity contribution < 1.29 is 28.8 Å². The number of hydrogen-bond acceptors (Lipinski definition) is 7. The summed E-state index contributed by atoms with van der Waals surface area (Å²) in [5.74, 6) is -1.66. The SMILES string of the molecule is CCCCCCCCCCCC(=O)OCC(NC(=O)C(Cl)Cl)C(OC(=O)CCCCCCCCCCC)c1ccc([N+](=O)[O-])cc1. The fraction of sp³-hybridized carbons (Fsp3) is 0.743. The molecule has 9 nitrogen and oxygen atoms in total. The highest BCUT2D eigenvalue weighted by molar-refractivity contribution is 6.53. The molecule has 46 heavy (non-hydrogen) atoms. The molecule has 0 heterocycles. The highest BCUT2D eigenvalue weighted by Gasteiger charge is 2.31. The lowest BCUT2D eigenvalue weighted by atomic mass is 10.0. The first-order valence-electron chi connectivity index (χ1n) is 17.4. The van der Waals surface area contributed by atoms with Gasteiger partial charge in [0.1, 0.15) is 12.6 Å². The molecule has 0 saturated heterocycles. The van der Waals surface area contributed by atoms with E-state index in [0.717, 1.165) is 38.5 Å². The quantitative estimate of drug-likeness (QED) is 0.0306. The molecule has 2 atom stereocenters. The summed E-state index contributed by atoms with van der Waals surface area (Å²) >= 11 is 11.6. The van der Waals surface area contributed by atoms with Crippen molar-refractivity contribution in [1.82, 2.24) is 5.32 Å². The van der Waals surface area contributed by atoms with Crippen LogP contribution in [0.15, 0.2) is 24.3 Å². The Labute approximate surface area is 286 Å². The maximum absolute atomic E-state index is 13.0. The van der Waals surface area contributed by atoms with Gasteiger partial charge in [-0.1, -0.05) is 140 Å². The summed E-state index contributed by atoms with van der Waals surface area (Å²) in [7, 11) is 0. The highest BCUT2D eigenvalue weighted by Crippen LogP contribution is 2.26. The highest BCUT2D eigenvalue weighted by atomic mass is 35.5. The number of nitro groups is 1. The Morgan fingerprint density at radius 2 is 1.15 bits per heavy atom. The number of esters is 2. The minimum atomic E-state index is -1.41. The van der Waals surface area contributed by atoms with Crippen molar-refractivity contribution in [2.75, 3.05) is 6.61 Å². The molecule has 0 saturated carbocycles. The van der Waals surface area contributed by atoms with E-state index in [1.54, 1.807) is 0 Å². The van der Waals surface area contributed by atoms with Crippen molar-refractivity contribution in [2.24, 2.45) is 0 Å². The zero-order valence-electron chi connectivity index (χ0n) is 28.0.